The van der Waals surface area contributed by atoms with Crippen LogP contribution in [0, 0.1) is 5.92 Å². The SMILES string of the molecule is O=C(NCCC(F)(F)F)C1CN(Cc2ccc(OCc3ccc(Cl)c(Cl)c3)cc2)C1. The van der Waals surface area contributed by atoms with Crippen LogP contribution in [0.2, 0.25) is 10.0 Å². The number of amides is 1. The number of hydrogen-bond acceptors (Lipinski definition) is 3. The molecule has 1 amide bonds. The maximum absolute atomic E-state index is 12.1. The zero-order chi connectivity index (χ0) is 21.7. The Balaban J connectivity index is 1.38. The molecular weight excluding hydrogens is 440 g/mol. The average Bonchev–Trinajstić information content (AvgIpc) is 2.65. The van der Waals surface area contributed by atoms with Crippen molar-refractivity contribution in [2.75, 3.05) is 19.6 Å². The number of ether oxygens (including phenoxy) is 1. The van der Waals surface area contributed by atoms with E-state index >= 15 is 0 Å². The number of halogens is 5. The van der Waals surface area contributed by atoms with Gasteiger partial charge in [0.25, 0.3) is 0 Å². The first-order valence-electron chi connectivity index (χ1n) is 9.42. The van der Waals surface area contributed by atoms with Crippen LogP contribution >= 0.6 is 23.2 Å². The summed E-state index contributed by atoms with van der Waals surface area (Å²) in [4.78, 5) is 13.9. The van der Waals surface area contributed by atoms with E-state index in [0.717, 1.165) is 16.9 Å². The molecule has 2 aromatic carbocycles. The van der Waals surface area contributed by atoms with Crippen molar-refractivity contribution in [2.45, 2.75) is 25.7 Å². The van der Waals surface area contributed by atoms with E-state index < -0.39 is 12.6 Å². The quantitative estimate of drug-likeness (QED) is 0.597. The van der Waals surface area contributed by atoms with Gasteiger partial charge in [-0.2, -0.15) is 13.2 Å². The first-order valence-corrected chi connectivity index (χ1v) is 10.2. The van der Waals surface area contributed by atoms with E-state index in [4.69, 9.17) is 27.9 Å². The first kappa shape index (κ1) is 22.7. The van der Waals surface area contributed by atoms with E-state index in [1.807, 2.05) is 30.3 Å². The van der Waals surface area contributed by atoms with E-state index in [1.54, 1.807) is 12.1 Å². The molecule has 3 rings (SSSR count). The van der Waals surface area contributed by atoms with Crippen LogP contribution in [0.1, 0.15) is 17.5 Å². The highest BCUT2D eigenvalue weighted by molar-refractivity contribution is 6.42. The Labute approximate surface area is 182 Å². The molecule has 0 saturated carbocycles. The fourth-order valence-corrected chi connectivity index (χ4v) is 3.40. The van der Waals surface area contributed by atoms with Gasteiger partial charge in [0.05, 0.1) is 22.4 Å². The molecule has 1 N–H and O–H groups in total. The molecule has 0 aromatic heterocycles. The fraction of sp³-hybridized carbons (Fsp3) is 0.381. The maximum Gasteiger partial charge on any atom is 0.390 e. The number of rotatable bonds is 8. The normalized spacial score (nSPS) is 15.0. The number of nitrogens with zero attached hydrogens (tertiary/aromatic N) is 1. The summed E-state index contributed by atoms with van der Waals surface area (Å²) in [7, 11) is 0. The van der Waals surface area contributed by atoms with Gasteiger partial charge < -0.3 is 10.1 Å². The van der Waals surface area contributed by atoms with Crippen molar-refractivity contribution in [3.05, 3.63) is 63.6 Å². The molecule has 2 aromatic rings. The average molecular weight is 461 g/mol. The summed E-state index contributed by atoms with van der Waals surface area (Å²) >= 11 is 11.9. The molecule has 0 bridgehead atoms. The van der Waals surface area contributed by atoms with Gasteiger partial charge in [0.15, 0.2) is 0 Å². The number of hydrogen-bond donors (Lipinski definition) is 1. The molecule has 9 heteroatoms. The second-order valence-electron chi connectivity index (χ2n) is 7.23. The van der Waals surface area contributed by atoms with Crippen LogP contribution < -0.4 is 10.1 Å². The summed E-state index contributed by atoms with van der Waals surface area (Å²) in [6.45, 7) is 1.73. The van der Waals surface area contributed by atoms with Crippen LogP contribution in [0.15, 0.2) is 42.5 Å². The molecule has 1 saturated heterocycles. The predicted molar refractivity (Wildman–Crippen MR) is 110 cm³/mol. The molecular formula is C21H21Cl2F3N2O2. The fourth-order valence-electron chi connectivity index (χ4n) is 3.08. The molecule has 1 aliphatic rings. The number of alkyl halides is 3. The van der Waals surface area contributed by atoms with Crippen molar-refractivity contribution >= 4 is 29.1 Å². The molecule has 0 atom stereocenters. The zero-order valence-corrected chi connectivity index (χ0v) is 17.5. The second kappa shape index (κ2) is 9.90. The number of benzene rings is 2. The second-order valence-corrected chi connectivity index (χ2v) is 8.04. The minimum Gasteiger partial charge on any atom is -0.489 e. The number of nitrogens with one attached hydrogen (secondary N) is 1. The van der Waals surface area contributed by atoms with Crippen molar-refractivity contribution in [1.82, 2.24) is 10.2 Å². The molecule has 1 aliphatic heterocycles. The summed E-state index contributed by atoms with van der Waals surface area (Å²) in [5, 5.41) is 3.33. The summed E-state index contributed by atoms with van der Waals surface area (Å²) < 4.78 is 42.1. The summed E-state index contributed by atoms with van der Waals surface area (Å²) in [5.41, 5.74) is 1.97. The van der Waals surface area contributed by atoms with Crippen LogP contribution in [-0.2, 0) is 17.9 Å². The van der Waals surface area contributed by atoms with E-state index in [9.17, 15) is 18.0 Å². The Hall–Kier alpha value is -1.96. The van der Waals surface area contributed by atoms with Crippen LogP contribution in [-0.4, -0.2) is 36.6 Å². The van der Waals surface area contributed by atoms with Gasteiger partial charge in [-0.25, -0.2) is 0 Å². The molecule has 1 fully saturated rings. The molecule has 162 valence electrons. The highest BCUT2D eigenvalue weighted by Crippen LogP contribution is 2.24. The van der Waals surface area contributed by atoms with Gasteiger partial charge in [0.1, 0.15) is 12.4 Å². The predicted octanol–water partition coefficient (Wildman–Crippen LogP) is 5.07. The van der Waals surface area contributed by atoms with Gasteiger partial charge in [-0.1, -0.05) is 41.4 Å². The molecule has 0 aliphatic carbocycles. The van der Waals surface area contributed by atoms with Crippen molar-refractivity contribution < 1.29 is 22.7 Å². The highest BCUT2D eigenvalue weighted by Gasteiger charge is 2.33. The van der Waals surface area contributed by atoms with Gasteiger partial charge in [0, 0.05) is 26.2 Å². The standard InChI is InChI=1S/C21H21Cl2F3N2O2/c22-18-6-3-15(9-19(18)23)13-30-17-4-1-14(2-5-17)10-28-11-16(12-28)20(29)27-8-7-21(24,25)26/h1-6,9,16H,7-8,10-13H2,(H,27,29). The van der Waals surface area contributed by atoms with E-state index in [-0.39, 0.29) is 18.4 Å². The van der Waals surface area contributed by atoms with Gasteiger partial charge in [-0.3, -0.25) is 9.69 Å². The Bertz CT molecular complexity index is 870. The summed E-state index contributed by atoms with van der Waals surface area (Å²) in [5.74, 6) is 0.143. The molecule has 4 nitrogen and oxygen atoms in total. The Kier molecular flexibility index (Phi) is 7.50. The van der Waals surface area contributed by atoms with Crippen LogP contribution in [0.3, 0.4) is 0 Å². The monoisotopic (exact) mass is 460 g/mol. The van der Waals surface area contributed by atoms with E-state index in [1.165, 1.54) is 0 Å². The Morgan fingerprint density at radius 3 is 2.37 bits per heavy atom. The Morgan fingerprint density at radius 1 is 1.07 bits per heavy atom. The lowest BCUT2D eigenvalue weighted by molar-refractivity contribution is -0.138. The summed E-state index contributed by atoms with van der Waals surface area (Å²) in [6, 6.07) is 13.0. The van der Waals surface area contributed by atoms with Gasteiger partial charge >= 0.3 is 6.18 Å². The minimum atomic E-state index is -4.25. The minimum absolute atomic E-state index is 0.257. The third-order valence-corrected chi connectivity index (χ3v) is 5.49. The topological polar surface area (TPSA) is 41.6 Å². The Morgan fingerprint density at radius 2 is 1.73 bits per heavy atom. The third-order valence-electron chi connectivity index (χ3n) is 4.75. The molecule has 0 spiro atoms. The van der Waals surface area contributed by atoms with E-state index in [2.05, 4.69) is 10.2 Å². The van der Waals surface area contributed by atoms with Crippen molar-refractivity contribution in [3.63, 3.8) is 0 Å². The number of carbonyl (C=O) groups is 1. The van der Waals surface area contributed by atoms with Crippen molar-refractivity contribution in [3.8, 4) is 5.75 Å². The third kappa shape index (κ3) is 6.79. The zero-order valence-electron chi connectivity index (χ0n) is 16.0. The first-order chi connectivity index (χ1) is 14.2. The largest absolute Gasteiger partial charge is 0.489 e. The number of likely N-dealkylation sites (tertiary alicyclic amines) is 1. The van der Waals surface area contributed by atoms with Crippen molar-refractivity contribution in [1.29, 1.82) is 0 Å². The number of carbonyl (C=O) groups excluding carboxylic acids is 1. The lowest BCUT2D eigenvalue weighted by Gasteiger charge is -2.38. The molecule has 0 radical (unpaired) electrons. The molecule has 0 unspecified atom stereocenters. The lowest BCUT2D eigenvalue weighted by Crippen LogP contribution is -2.53. The van der Waals surface area contributed by atoms with Gasteiger partial charge in [0.2, 0.25) is 5.91 Å². The van der Waals surface area contributed by atoms with Crippen LogP contribution in [0.25, 0.3) is 0 Å². The maximum atomic E-state index is 12.1. The lowest BCUT2D eigenvalue weighted by atomic mass is 9.98. The van der Waals surface area contributed by atoms with Crippen molar-refractivity contribution in [2.24, 2.45) is 5.92 Å². The smallest absolute Gasteiger partial charge is 0.390 e. The van der Waals surface area contributed by atoms with Gasteiger partial charge in [-0.15, -0.1) is 0 Å². The molecule has 30 heavy (non-hydrogen) atoms. The molecule has 1 heterocycles. The van der Waals surface area contributed by atoms with Gasteiger partial charge in [-0.05, 0) is 35.4 Å². The highest BCUT2D eigenvalue weighted by atomic mass is 35.5. The van der Waals surface area contributed by atoms with Crippen LogP contribution in [0.4, 0.5) is 13.2 Å². The van der Waals surface area contributed by atoms with Crippen LogP contribution in [0.5, 0.6) is 5.75 Å². The summed E-state index contributed by atoms with van der Waals surface area (Å²) in [6.07, 6.45) is -5.26. The van der Waals surface area contributed by atoms with E-state index in [0.29, 0.717) is 36.3 Å².